The van der Waals surface area contributed by atoms with Crippen molar-refractivity contribution in [3.8, 4) is 0 Å². The lowest BCUT2D eigenvalue weighted by atomic mass is 10.3. The molecule has 0 saturated carbocycles. The summed E-state index contributed by atoms with van der Waals surface area (Å²) < 4.78 is 26.7. The highest BCUT2D eigenvalue weighted by atomic mass is 35.5. The van der Waals surface area contributed by atoms with Crippen LogP contribution in [0.15, 0.2) is 53.4 Å². The molecule has 0 aromatic heterocycles. The maximum absolute atomic E-state index is 12.2. The van der Waals surface area contributed by atoms with Gasteiger partial charge in [0.2, 0.25) is 0 Å². The number of nitro benzene ring substituents is 1. The minimum atomic E-state index is -4.14. The summed E-state index contributed by atoms with van der Waals surface area (Å²) in [5.74, 6) is 0. The molecule has 2 aromatic carbocycles. The molecule has 0 fully saturated rings. The fourth-order valence-corrected chi connectivity index (χ4v) is 3.39. The Morgan fingerprint density at radius 2 is 1.70 bits per heavy atom. The van der Waals surface area contributed by atoms with Gasteiger partial charge in [0.15, 0.2) is 4.90 Å². The molecule has 0 aliphatic heterocycles. The van der Waals surface area contributed by atoms with Crippen molar-refractivity contribution in [3.63, 3.8) is 0 Å². The number of benzene rings is 2. The predicted molar refractivity (Wildman–Crippen MR) is 75.4 cm³/mol. The van der Waals surface area contributed by atoms with Gasteiger partial charge < -0.3 is 0 Å². The number of nitrogens with zero attached hydrogens (tertiary/aromatic N) is 1. The molecule has 0 aliphatic carbocycles. The SMILES string of the molecule is O=[N+]([O-])c1cccc(Cl)c1S(=O)(=O)Nc1ccccc1. The molecule has 1 N–H and O–H groups in total. The molecule has 0 saturated heterocycles. The highest BCUT2D eigenvalue weighted by molar-refractivity contribution is 7.93. The van der Waals surface area contributed by atoms with Crippen LogP contribution in [-0.2, 0) is 10.0 Å². The lowest BCUT2D eigenvalue weighted by Crippen LogP contribution is -2.15. The summed E-state index contributed by atoms with van der Waals surface area (Å²) in [6.45, 7) is 0. The van der Waals surface area contributed by atoms with E-state index < -0.39 is 25.5 Å². The molecule has 0 unspecified atom stereocenters. The van der Waals surface area contributed by atoms with Crippen molar-refractivity contribution in [3.05, 3.63) is 63.7 Å². The Morgan fingerprint density at radius 1 is 1.05 bits per heavy atom. The third kappa shape index (κ3) is 2.89. The molecule has 2 aromatic rings. The number of nitro groups is 1. The highest BCUT2D eigenvalue weighted by Gasteiger charge is 2.28. The van der Waals surface area contributed by atoms with Crippen molar-refractivity contribution in [2.45, 2.75) is 4.90 Å². The predicted octanol–water partition coefficient (Wildman–Crippen LogP) is 3.05. The van der Waals surface area contributed by atoms with Gasteiger partial charge in [-0.05, 0) is 18.2 Å². The van der Waals surface area contributed by atoms with E-state index in [0.29, 0.717) is 5.69 Å². The first-order valence-electron chi connectivity index (χ1n) is 5.42. The van der Waals surface area contributed by atoms with Gasteiger partial charge in [0.25, 0.3) is 15.7 Å². The number of halogens is 1. The van der Waals surface area contributed by atoms with E-state index in [-0.39, 0.29) is 5.02 Å². The zero-order valence-electron chi connectivity index (χ0n) is 9.99. The van der Waals surface area contributed by atoms with E-state index in [2.05, 4.69) is 4.72 Å². The van der Waals surface area contributed by atoms with E-state index >= 15 is 0 Å². The Labute approximate surface area is 120 Å². The Bertz CT molecular complexity index is 747. The van der Waals surface area contributed by atoms with E-state index in [0.717, 1.165) is 6.07 Å². The smallest absolute Gasteiger partial charge is 0.279 e. The second-order valence-electron chi connectivity index (χ2n) is 3.82. The van der Waals surface area contributed by atoms with E-state index in [1.54, 1.807) is 18.2 Å². The van der Waals surface area contributed by atoms with Crippen molar-refractivity contribution >= 4 is 33.0 Å². The van der Waals surface area contributed by atoms with Crippen LogP contribution in [-0.4, -0.2) is 13.3 Å². The van der Waals surface area contributed by atoms with E-state index in [9.17, 15) is 18.5 Å². The second-order valence-corrected chi connectivity index (χ2v) is 5.84. The molecule has 0 bridgehead atoms. The fraction of sp³-hybridized carbons (Fsp3) is 0. The number of hydrogen-bond acceptors (Lipinski definition) is 4. The first-order valence-corrected chi connectivity index (χ1v) is 7.29. The van der Waals surface area contributed by atoms with Gasteiger partial charge in [0, 0.05) is 11.8 Å². The minimum Gasteiger partial charge on any atom is -0.279 e. The van der Waals surface area contributed by atoms with Crippen LogP contribution in [0.2, 0.25) is 5.02 Å². The minimum absolute atomic E-state index is 0.206. The summed E-state index contributed by atoms with van der Waals surface area (Å²) in [6, 6.07) is 11.7. The maximum Gasteiger partial charge on any atom is 0.291 e. The van der Waals surface area contributed by atoms with Gasteiger partial charge in [-0.3, -0.25) is 14.8 Å². The summed E-state index contributed by atoms with van der Waals surface area (Å²) in [5, 5.41) is 10.7. The first kappa shape index (κ1) is 14.3. The summed E-state index contributed by atoms with van der Waals surface area (Å²) in [7, 11) is -4.14. The molecule has 0 amide bonds. The number of nitrogens with one attached hydrogen (secondary N) is 1. The monoisotopic (exact) mass is 312 g/mol. The lowest BCUT2D eigenvalue weighted by molar-refractivity contribution is -0.387. The molecule has 0 spiro atoms. The normalized spacial score (nSPS) is 11.1. The average Bonchev–Trinajstić information content (AvgIpc) is 2.38. The highest BCUT2D eigenvalue weighted by Crippen LogP contribution is 2.32. The lowest BCUT2D eigenvalue weighted by Gasteiger charge is -2.09. The topological polar surface area (TPSA) is 89.3 Å². The largest absolute Gasteiger partial charge is 0.291 e. The van der Waals surface area contributed by atoms with Gasteiger partial charge in [-0.1, -0.05) is 35.9 Å². The molecule has 20 heavy (non-hydrogen) atoms. The molecule has 6 nitrogen and oxygen atoms in total. The molecule has 0 radical (unpaired) electrons. The van der Waals surface area contributed by atoms with Crippen molar-refractivity contribution in [1.82, 2.24) is 0 Å². The molecular weight excluding hydrogens is 304 g/mol. The maximum atomic E-state index is 12.2. The van der Waals surface area contributed by atoms with E-state index in [1.807, 2.05) is 0 Å². The molecular formula is C12H9ClN2O4S. The Balaban J connectivity index is 2.53. The van der Waals surface area contributed by atoms with Crippen LogP contribution < -0.4 is 4.72 Å². The third-order valence-corrected chi connectivity index (χ3v) is 4.34. The number of sulfonamides is 1. The van der Waals surface area contributed by atoms with Crippen LogP contribution in [0.4, 0.5) is 11.4 Å². The number of anilines is 1. The molecule has 8 heteroatoms. The van der Waals surface area contributed by atoms with Gasteiger partial charge >= 0.3 is 0 Å². The Hall–Kier alpha value is -2.12. The van der Waals surface area contributed by atoms with Crippen LogP contribution in [0, 0.1) is 10.1 Å². The summed E-state index contributed by atoms with van der Waals surface area (Å²) in [6.07, 6.45) is 0. The van der Waals surface area contributed by atoms with Crippen molar-refractivity contribution < 1.29 is 13.3 Å². The zero-order valence-corrected chi connectivity index (χ0v) is 11.6. The standard InChI is InChI=1S/C12H9ClN2O4S/c13-10-7-4-8-11(15(16)17)12(10)20(18,19)14-9-5-2-1-3-6-9/h1-8,14H. The molecule has 0 aliphatic rings. The van der Waals surface area contributed by atoms with Crippen LogP contribution in [0.25, 0.3) is 0 Å². The quantitative estimate of drug-likeness (QED) is 0.694. The van der Waals surface area contributed by atoms with Gasteiger partial charge in [0.05, 0.1) is 9.95 Å². The van der Waals surface area contributed by atoms with Crippen molar-refractivity contribution in [2.75, 3.05) is 4.72 Å². The number of rotatable bonds is 4. The fourth-order valence-electron chi connectivity index (χ4n) is 1.62. The average molecular weight is 313 g/mol. The number of hydrogen-bond donors (Lipinski definition) is 1. The molecule has 104 valence electrons. The first-order chi connectivity index (χ1) is 9.42. The molecule has 0 heterocycles. The Morgan fingerprint density at radius 3 is 2.30 bits per heavy atom. The summed E-state index contributed by atoms with van der Waals surface area (Å²) in [4.78, 5) is 9.60. The van der Waals surface area contributed by atoms with E-state index in [1.165, 1.54) is 24.3 Å². The number of para-hydroxylation sites is 1. The van der Waals surface area contributed by atoms with Gasteiger partial charge in [-0.15, -0.1) is 0 Å². The van der Waals surface area contributed by atoms with Crippen LogP contribution >= 0.6 is 11.6 Å². The van der Waals surface area contributed by atoms with E-state index in [4.69, 9.17) is 11.6 Å². The van der Waals surface area contributed by atoms with Crippen LogP contribution in [0.5, 0.6) is 0 Å². The van der Waals surface area contributed by atoms with Gasteiger partial charge in [0.1, 0.15) is 0 Å². The van der Waals surface area contributed by atoms with Crippen molar-refractivity contribution in [1.29, 1.82) is 0 Å². The zero-order chi connectivity index (χ0) is 14.8. The third-order valence-electron chi connectivity index (χ3n) is 2.44. The van der Waals surface area contributed by atoms with Gasteiger partial charge in [-0.25, -0.2) is 8.42 Å². The molecule has 0 atom stereocenters. The van der Waals surface area contributed by atoms with Crippen molar-refractivity contribution in [2.24, 2.45) is 0 Å². The van der Waals surface area contributed by atoms with Gasteiger partial charge in [-0.2, -0.15) is 0 Å². The second kappa shape index (κ2) is 5.48. The molecule has 2 rings (SSSR count). The Kier molecular flexibility index (Phi) is 3.91. The van der Waals surface area contributed by atoms with Crippen LogP contribution in [0.1, 0.15) is 0 Å². The summed E-state index contributed by atoms with van der Waals surface area (Å²) >= 11 is 5.80. The van der Waals surface area contributed by atoms with Crippen LogP contribution in [0.3, 0.4) is 0 Å². The summed E-state index contributed by atoms with van der Waals surface area (Å²) in [5.41, 5.74) is -0.275.